The summed E-state index contributed by atoms with van der Waals surface area (Å²) in [6.45, 7) is 7.00. The Hall–Kier alpha value is -1.40. The summed E-state index contributed by atoms with van der Waals surface area (Å²) < 4.78 is 1.67. The molecule has 0 aromatic carbocycles. The summed E-state index contributed by atoms with van der Waals surface area (Å²) >= 11 is 6.12. The Balaban J connectivity index is 2.35. The Kier molecular flexibility index (Phi) is 3.64. The molecule has 0 radical (unpaired) electrons. The summed E-state index contributed by atoms with van der Waals surface area (Å²) in [7, 11) is 4.11. The maximum Gasteiger partial charge on any atom is 0.255 e. The van der Waals surface area contributed by atoms with Crippen LogP contribution in [0.3, 0.4) is 0 Å². The minimum Gasteiger partial charge on any atom is -0.368 e. The fourth-order valence-corrected chi connectivity index (χ4v) is 1.73. The fourth-order valence-electron chi connectivity index (χ4n) is 1.56. The van der Waals surface area contributed by atoms with Gasteiger partial charge < -0.3 is 10.2 Å². The Morgan fingerprint density at radius 2 is 2.11 bits per heavy atom. The number of halogens is 1. The Labute approximate surface area is 117 Å². The molecule has 2 aromatic rings. The van der Waals surface area contributed by atoms with Crippen molar-refractivity contribution in [3.05, 3.63) is 17.0 Å². The van der Waals surface area contributed by atoms with Gasteiger partial charge in [0.2, 0.25) is 0 Å². The molecule has 0 saturated heterocycles. The topological polar surface area (TPSA) is 58.4 Å². The van der Waals surface area contributed by atoms with E-state index in [-0.39, 0.29) is 5.54 Å². The van der Waals surface area contributed by atoms with Crippen LogP contribution in [0.2, 0.25) is 5.15 Å². The van der Waals surface area contributed by atoms with Gasteiger partial charge in [0, 0.05) is 17.6 Å². The van der Waals surface area contributed by atoms with E-state index in [2.05, 4.69) is 53.2 Å². The van der Waals surface area contributed by atoms with E-state index in [1.54, 1.807) is 4.52 Å². The first-order chi connectivity index (χ1) is 8.83. The van der Waals surface area contributed by atoms with E-state index < -0.39 is 0 Å². The Morgan fingerprint density at radius 3 is 2.74 bits per heavy atom. The number of hydrogen-bond acceptors (Lipinski definition) is 5. The van der Waals surface area contributed by atoms with E-state index in [9.17, 15) is 0 Å². The van der Waals surface area contributed by atoms with Crippen molar-refractivity contribution >= 4 is 23.2 Å². The molecule has 0 unspecified atom stereocenters. The third-order valence-electron chi connectivity index (χ3n) is 3.50. The van der Waals surface area contributed by atoms with Crippen molar-refractivity contribution in [2.75, 3.05) is 26.0 Å². The van der Waals surface area contributed by atoms with E-state index in [0.717, 1.165) is 17.9 Å². The monoisotopic (exact) mass is 282 g/mol. The molecule has 0 spiro atoms. The molecule has 2 heterocycles. The van der Waals surface area contributed by atoms with Gasteiger partial charge in [0.1, 0.15) is 17.3 Å². The van der Waals surface area contributed by atoms with Crippen molar-refractivity contribution < 1.29 is 0 Å². The van der Waals surface area contributed by atoms with Gasteiger partial charge in [0.25, 0.3) is 5.78 Å². The maximum atomic E-state index is 6.12. The van der Waals surface area contributed by atoms with Crippen LogP contribution in [0, 0.1) is 6.92 Å². The standard InChI is InChI=1S/C12H19ClN6/c1-8-9(13)17-11-15-7-16-19(11)10(8)14-6-12(2,3)18(4)5/h7,14H,6H2,1-5H3. The Morgan fingerprint density at radius 1 is 1.42 bits per heavy atom. The van der Waals surface area contributed by atoms with Gasteiger partial charge in [-0.1, -0.05) is 11.6 Å². The van der Waals surface area contributed by atoms with Gasteiger partial charge >= 0.3 is 0 Å². The predicted octanol–water partition coefficient (Wildman–Crippen LogP) is 1.84. The van der Waals surface area contributed by atoms with Crippen LogP contribution in [0.25, 0.3) is 5.78 Å². The van der Waals surface area contributed by atoms with Gasteiger partial charge in [0.15, 0.2) is 0 Å². The zero-order valence-corrected chi connectivity index (χ0v) is 12.7. The van der Waals surface area contributed by atoms with E-state index in [1.165, 1.54) is 6.33 Å². The highest BCUT2D eigenvalue weighted by molar-refractivity contribution is 6.30. The largest absolute Gasteiger partial charge is 0.368 e. The summed E-state index contributed by atoms with van der Waals surface area (Å²) in [4.78, 5) is 10.4. The zero-order chi connectivity index (χ0) is 14.2. The van der Waals surface area contributed by atoms with Gasteiger partial charge in [-0.05, 0) is 34.9 Å². The number of aromatic nitrogens is 4. The number of likely N-dealkylation sites (N-methyl/N-ethyl adjacent to an activating group) is 1. The minimum absolute atomic E-state index is 0.00902. The summed E-state index contributed by atoms with van der Waals surface area (Å²) in [5, 5.41) is 8.02. The lowest BCUT2D eigenvalue weighted by Crippen LogP contribution is -2.44. The second kappa shape index (κ2) is 4.94. The number of nitrogens with one attached hydrogen (secondary N) is 1. The highest BCUT2D eigenvalue weighted by atomic mass is 35.5. The number of rotatable bonds is 4. The van der Waals surface area contributed by atoms with Crippen molar-refractivity contribution in [3.8, 4) is 0 Å². The van der Waals surface area contributed by atoms with Crippen LogP contribution >= 0.6 is 11.6 Å². The molecule has 0 aliphatic rings. The van der Waals surface area contributed by atoms with Crippen LogP contribution in [-0.4, -0.2) is 50.7 Å². The average Bonchev–Trinajstić information content (AvgIpc) is 2.77. The number of anilines is 1. The lowest BCUT2D eigenvalue weighted by Gasteiger charge is -2.33. The van der Waals surface area contributed by atoms with Crippen LogP contribution < -0.4 is 5.32 Å². The molecule has 0 aliphatic carbocycles. The molecule has 0 saturated carbocycles. The summed E-state index contributed by atoms with van der Waals surface area (Å²) in [5.74, 6) is 1.34. The number of nitrogens with zero attached hydrogens (tertiary/aromatic N) is 5. The molecule has 2 rings (SSSR count). The molecule has 0 bridgehead atoms. The van der Waals surface area contributed by atoms with Gasteiger partial charge in [-0.3, -0.25) is 0 Å². The maximum absolute atomic E-state index is 6.12. The summed E-state index contributed by atoms with van der Waals surface area (Å²) in [6, 6.07) is 0. The molecule has 2 aromatic heterocycles. The third kappa shape index (κ3) is 2.64. The fraction of sp³-hybridized carbons (Fsp3) is 0.583. The normalized spacial score (nSPS) is 12.4. The molecular formula is C12H19ClN6. The summed E-state index contributed by atoms with van der Waals surface area (Å²) in [6.07, 6.45) is 1.47. The SMILES string of the molecule is Cc1c(Cl)nc2ncnn2c1NCC(C)(C)N(C)C. The smallest absolute Gasteiger partial charge is 0.255 e. The molecule has 0 aliphatic heterocycles. The second-order valence-electron chi connectivity index (χ2n) is 5.41. The molecule has 0 amide bonds. The second-order valence-corrected chi connectivity index (χ2v) is 5.77. The third-order valence-corrected chi connectivity index (χ3v) is 3.87. The van der Waals surface area contributed by atoms with Crippen LogP contribution in [0.15, 0.2) is 6.33 Å². The lowest BCUT2D eigenvalue weighted by atomic mass is 10.0. The molecule has 7 heteroatoms. The highest BCUT2D eigenvalue weighted by Crippen LogP contribution is 2.23. The predicted molar refractivity (Wildman–Crippen MR) is 76.8 cm³/mol. The lowest BCUT2D eigenvalue weighted by molar-refractivity contribution is 0.210. The van der Waals surface area contributed by atoms with Crippen LogP contribution in [0.4, 0.5) is 5.82 Å². The van der Waals surface area contributed by atoms with E-state index in [4.69, 9.17) is 11.6 Å². The van der Waals surface area contributed by atoms with E-state index >= 15 is 0 Å². The first kappa shape index (κ1) is 14.0. The van der Waals surface area contributed by atoms with Gasteiger partial charge in [-0.15, -0.1) is 0 Å². The van der Waals surface area contributed by atoms with Crippen molar-refractivity contribution in [2.45, 2.75) is 26.3 Å². The van der Waals surface area contributed by atoms with Crippen LogP contribution in [-0.2, 0) is 0 Å². The van der Waals surface area contributed by atoms with E-state index in [1.807, 2.05) is 6.92 Å². The highest BCUT2D eigenvalue weighted by Gasteiger charge is 2.21. The van der Waals surface area contributed by atoms with E-state index in [0.29, 0.717) is 10.9 Å². The number of hydrogen-bond donors (Lipinski definition) is 1. The Bertz CT molecular complexity index is 589. The minimum atomic E-state index is 0.00902. The van der Waals surface area contributed by atoms with Gasteiger partial charge in [0.05, 0.1) is 0 Å². The molecule has 6 nitrogen and oxygen atoms in total. The molecular weight excluding hydrogens is 264 g/mol. The molecule has 0 atom stereocenters. The molecule has 104 valence electrons. The average molecular weight is 283 g/mol. The first-order valence-corrected chi connectivity index (χ1v) is 6.48. The van der Waals surface area contributed by atoms with Crippen molar-refractivity contribution in [2.24, 2.45) is 0 Å². The van der Waals surface area contributed by atoms with Crippen molar-refractivity contribution in [1.29, 1.82) is 0 Å². The number of fused-ring (bicyclic) bond motifs is 1. The molecule has 1 N–H and O–H groups in total. The zero-order valence-electron chi connectivity index (χ0n) is 11.9. The van der Waals surface area contributed by atoms with Crippen LogP contribution in [0.5, 0.6) is 0 Å². The summed E-state index contributed by atoms with van der Waals surface area (Å²) in [5.41, 5.74) is 0.879. The van der Waals surface area contributed by atoms with Crippen molar-refractivity contribution in [3.63, 3.8) is 0 Å². The molecule has 19 heavy (non-hydrogen) atoms. The van der Waals surface area contributed by atoms with Crippen LogP contribution in [0.1, 0.15) is 19.4 Å². The quantitative estimate of drug-likeness (QED) is 0.867. The molecule has 0 fully saturated rings. The van der Waals surface area contributed by atoms with Crippen molar-refractivity contribution in [1.82, 2.24) is 24.5 Å². The van der Waals surface area contributed by atoms with Gasteiger partial charge in [-0.2, -0.15) is 19.6 Å². The van der Waals surface area contributed by atoms with Gasteiger partial charge in [-0.25, -0.2) is 0 Å². The first-order valence-electron chi connectivity index (χ1n) is 6.10.